The van der Waals surface area contributed by atoms with Crippen molar-refractivity contribution in [3.63, 3.8) is 0 Å². The molecule has 0 aliphatic carbocycles. The Kier molecular flexibility index (Phi) is 6.44. The van der Waals surface area contributed by atoms with Gasteiger partial charge in [-0.2, -0.15) is 9.49 Å². The van der Waals surface area contributed by atoms with E-state index in [1.54, 1.807) is 35.2 Å². The maximum atomic E-state index is 13.9. The van der Waals surface area contributed by atoms with Gasteiger partial charge in [-0.1, -0.05) is 6.07 Å². The minimum atomic E-state index is -1.12. The number of nitrogens with two attached hydrogens (primary N) is 1. The molecule has 0 bridgehead atoms. The number of aromatic nitrogens is 4. The van der Waals surface area contributed by atoms with Gasteiger partial charge in [0.1, 0.15) is 5.82 Å². The molecule has 1 fully saturated rings. The lowest BCUT2D eigenvalue weighted by atomic mass is 10.1. The second-order valence-electron chi connectivity index (χ2n) is 9.08. The number of aromatic amines is 1. The van der Waals surface area contributed by atoms with E-state index in [1.165, 1.54) is 35.3 Å². The number of carbonyl (C=O) groups is 2. The molecule has 0 unspecified atom stereocenters. The number of rotatable bonds is 6. The second kappa shape index (κ2) is 10.2. The van der Waals surface area contributed by atoms with Gasteiger partial charge in [0.15, 0.2) is 11.6 Å². The van der Waals surface area contributed by atoms with Gasteiger partial charge < -0.3 is 25.1 Å². The highest BCUT2D eigenvalue weighted by atomic mass is 19.2. The number of nitrogens with one attached hydrogen (secondary N) is 1. The van der Waals surface area contributed by atoms with Crippen LogP contribution in [0.2, 0.25) is 0 Å². The van der Waals surface area contributed by atoms with Gasteiger partial charge >= 0.3 is 0 Å². The maximum Gasteiger partial charge on any atom is 0.254 e. The summed E-state index contributed by atoms with van der Waals surface area (Å²) < 4.78 is 39.3. The van der Waals surface area contributed by atoms with Gasteiger partial charge in [0.2, 0.25) is 17.5 Å². The number of halogens is 2. The molecule has 5 aromatic rings. The van der Waals surface area contributed by atoms with Crippen molar-refractivity contribution in [3.8, 4) is 17.3 Å². The van der Waals surface area contributed by atoms with Gasteiger partial charge in [0, 0.05) is 35.6 Å². The molecule has 0 radical (unpaired) electrons. The Labute approximate surface area is 225 Å². The molecule has 10 nitrogen and oxygen atoms in total. The van der Waals surface area contributed by atoms with Crippen molar-refractivity contribution in [1.82, 2.24) is 24.6 Å². The predicted octanol–water partition coefficient (Wildman–Crippen LogP) is 4.10. The summed E-state index contributed by atoms with van der Waals surface area (Å²) in [5, 5.41) is 4.93. The van der Waals surface area contributed by atoms with E-state index in [4.69, 9.17) is 15.2 Å². The second-order valence-corrected chi connectivity index (χ2v) is 9.08. The molecule has 202 valence electrons. The van der Waals surface area contributed by atoms with Crippen LogP contribution >= 0.6 is 0 Å². The molecular weight excluding hydrogens is 522 g/mol. The van der Waals surface area contributed by atoms with Crippen molar-refractivity contribution >= 4 is 28.4 Å². The molecule has 1 aliphatic rings. The lowest BCUT2D eigenvalue weighted by molar-refractivity contribution is 0.0303. The number of hydrogen-bond acceptors (Lipinski definition) is 7. The van der Waals surface area contributed by atoms with Crippen molar-refractivity contribution in [3.05, 3.63) is 95.4 Å². The fourth-order valence-corrected chi connectivity index (χ4v) is 4.45. The third-order valence-electron chi connectivity index (χ3n) is 6.56. The standard InChI is InChI=1S/C28H22F2N6O4/c29-20-2-1-3-23(25(20)30)40-24-7-5-18(14-32-24)36-27(31)19(15-33-36)26(37)22-13-17-12-16(4-6-21(17)34-22)28(38)35-8-10-39-11-9-35/h1-7,12-15,34H,8-11,31H2. The van der Waals surface area contributed by atoms with Crippen molar-refractivity contribution in [2.75, 3.05) is 32.0 Å². The summed E-state index contributed by atoms with van der Waals surface area (Å²) in [5.74, 6) is -2.82. The number of morpholine rings is 1. The van der Waals surface area contributed by atoms with Crippen molar-refractivity contribution in [2.45, 2.75) is 0 Å². The van der Waals surface area contributed by atoms with Gasteiger partial charge in [-0.05, 0) is 42.5 Å². The third kappa shape index (κ3) is 4.64. The molecule has 1 amide bonds. The molecule has 12 heteroatoms. The summed E-state index contributed by atoms with van der Waals surface area (Å²) in [6, 6.07) is 13.5. The van der Waals surface area contributed by atoms with Crippen LogP contribution in [0.25, 0.3) is 16.6 Å². The Morgan fingerprint density at radius 1 is 1.02 bits per heavy atom. The van der Waals surface area contributed by atoms with Crippen LogP contribution in [0.4, 0.5) is 14.6 Å². The van der Waals surface area contributed by atoms with Crippen LogP contribution in [-0.2, 0) is 4.74 Å². The molecule has 3 N–H and O–H groups in total. The van der Waals surface area contributed by atoms with Gasteiger partial charge in [0.05, 0.1) is 42.6 Å². The SMILES string of the molecule is Nc1c(C(=O)c2cc3cc(C(=O)N4CCOCC4)ccc3[nH]2)cnn1-c1ccc(Oc2cccc(F)c2F)nc1. The van der Waals surface area contributed by atoms with Gasteiger partial charge in [-0.25, -0.2) is 14.1 Å². The quantitative estimate of drug-likeness (QED) is 0.308. The zero-order valence-electron chi connectivity index (χ0n) is 20.9. The molecule has 1 aliphatic heterocycles. The predicted molar refractivity (Wildman–Crippen MR) is 141 cm³/mol. The van der Waals surface area contributed by atoms with Crippen LogP contribution in [0, 0.1) is 11.6 Å². The number of benzene rings is 2. The maximum absolute atomic E-state index is 13.9. The minimum Gasteiger partial charge on any atom is -0.436 e. The zero-order valence-corrected chi connectivity index (χ0v) is 20.9. The Bertz CT molecular complexity index is 1740. The van der Waals surface area contributed by atoms with Crippen LogP contribution in [0.1, 0.15) is 26.4 Å². The molecule has 4 heterocycles. The van der Waals surface area contributed by atoms with Crippen LogP contribution in [-0.4, -0.2) is 62.6 Å². The Morgan fingerprint density at radius 2 is 1.85 bits per heavy atom. The highest BCUT2D eigenvalue weighted by molar-refractivity contribution is 6.13. The molecule has 1 saturated heterocycles. The van der Waals surface area contributed by atoms with Crippen molar-refractivity contribution in [1.29, 1.82) is 0 Å². The number of nitrogen functional groups attached to an aromatic ring is 1. The highest BCUT2D eigenvalue weighted by Crippen LogP contribution is 2.27. The number of amides is 1. The Balaban J connectivity index is 1.21. The number of ketones is 1. The fraction of sp³-hybridized carbons (Fsp3) is 0.143. The number of H-pyrrole nitrogens is 1. The molecule has 0 saturated carbocycles. The van der Waals surface area contributed by atoms with E-state index in [0.29, 0.717) is 48.5 Å². The van der Waals surface area contributed by atoms with Gasteiger partial charge in [-0.3, -0.25) is 9.59 Å². The molecule has 40 heavy (non-hydrogen) atoms. The average molecular weight is 545 g/mol. The minimum absolute atomic E-state index is 0.0276. The van der Waals surface area contributed by atoms with Crippen LogP contribution < -0.4 is 10.5 Å². The highest BCUT2D eigenvalue weighted by Gasteiger charge is 2.22. The summed E-state index contributed by atoms with van der Waals surface area (Å²) in [5.41, 5.74) is 8.37. The normalized spacial score (nSPS) is 13.5. The molecule has 0 spiro atoms. The number of hydrogen-bond donors (Lipinski definition) is 2. The third-order valence-corrected chi connectivity index (χ3v) is 6.56. The van der Waals surface area contributed by atoms with Crippen molar-refractivity contribution < 1.29 is 27.8 Å². The largest absolute Gasteiger partial charge is 0.436 e. The topological polar surface area (TPSA) is 128 Å². The fourth-order valence-electron chi connectivity index (χ4n) is 4.45. The van der Waals surface area contributed by atoms with E-state index in [2.05, 4.69) is 15.1 Å². The summed E-state index contributed by atoms with van der Waals surface area (Å²) in [7, 11) is 0. The van der Waals surface area contributed by atoms with Crippen LogP contribution in [0.5, 0.6) is 11.6 Å². The van der Waals surface area contributed by atoms with E-state index >= 15 is 0 Å². The summed E-state index contributed by atoms with van der Waals surface area (Å²) in [6.07, 6.45) is 2.73. The zero-order chi connectivity index (χ0) is 27.8. The van der Waals surface area contributed by atoms with Gasteiger partial charge in [-0.15, -0.1) is 0 Å². The van der Waals surface area contributed by atoms with Crippen LogP contribution in [0.15, 0.2) is 67.0 Å². The smallest absolute Gasteiger partial charge is 0.254 e. The Hall–Kier alpha value is -5.10. The summed E-state index contributed by atoms with van der Waals surface area (Å²) >= 11 is 0. The summed E-state index contributed by atoms with van der Waals surface area (Å²) in [4.78, 5) is 35.1. The Morgan fingerprint density at radius 3 is 2.62 bits per heavy atom. The van der Waals surface area contributed by atoms with Gasteiger partial charge in [0.25, 0.3) is 5.91 Å². The van der Waals surface area contributed by atoms with E-state index < -0.39 is 11.6 Å². The molecule has 3 aromatic heterocycles. The first kappa shape index (κ1) is 25.2. The van der Waals surface area contributed by atoms with E-state index in [1.807, 2.05) is 0 Å². The van der Waals surface area contributed by atoms with Crippen molar-refractivity contribution in [2.24, 2.45) is 0 Å². The molecule has 0 atom stereocenters. The number of ether oxygens (including phenoxy) is 2. The summed E-state index contributed by atoms with van der Waals surface area (Å²) in [6.45, 7) is 2.09. The first-order valence-electron chi connectivity index (χ1n) is 12.4. The molecule has 6 rings (SSSR count). The van der Waals surface area contributed by atoms with E-state index in [9.17, 15) is 18.4 Å². The van der Waals surface area contributed by atoms with E-state index in [-0.39, 0.29) is 40.4 Å². The first-order chi connectivity index (χ1) is 19.4. The molecular formula is C28H22F2N6O4. The number of nitrogens with zero attached hydrogens (tertiary/aromatic N) is 4. The molecule has 2 aromatic carbocycles. The number of anilines is 1. The monoisotopic (exact) mass is 544 g/mol. The number of fused-ring (bicyclic) bond motifs is 1. The first-order valence-corrected chi connectivity index (χ1v) is 12.4. The van der Waals surface area contributed by atoms with E-state index in [0.717, 1.165) is 6.07 Å². The van der Waals surface area contributed by atoms with Crippen LogP contribution in [0.3, 0.4) is 0 Å². The lowest BCUT2D eigenvalue weighted by Crippen LogP contribution is -2.40. The number of pyridine rings is 1. The average Bonchev–Trinajstić information content (AvgIpc) is 3.59. The number of carbonyl (C=O) groups excluding carboxylic acids is 2. The lowest BCUT2D eigenvalue weighted by Gasteiger charge is -2.26.